The average molecular weight is 257 g/mol. The molecule has 92 valence electrons. The Hall–Kier alpha value is -1.10. The van der Waals surface area contributed by atoms with E-state index in [0.717, 1.165) is 0 Å². The van der Waals surface area contributed by atoms with Crippen LogP contribution in [0.25, 0.3) is 0 Å². The van der Waals surface area contributed by atoms with Gasteiger partial charge in [-0.2, -0.15) is 0 Å². The average Bonchev–Trinajstić information content (AvgIpc) is 2.39. The van der Waals surface area contributed by atoms with Crippen molar-refractivity contribution in [2.24, 2.45) is 0 Å². The summed E-state index contributed by atoms with van der Waals surface area (Å²) in [5.41, 5.74) is 0.426. The topological polar surface area (TPSA) is 44.8 Å². The van der Waals surface area contributed by atoms with Gasteiger partial charge in [-0.15, -0.1) is 0 Å². The SMILES string of the molecule is COc1ccc(Cl)cc1C(=O)C1COCCO1. The predicted octanol–water partition coefficient (Wildman–Crippen LogP) is 1.95. The van der Waals surface area contributed by atoms with Crippen LogP contribution >= 0.6 is 11.6 Å². The second-order valence-electron chi connectivity index (χ2n) is 3.64. The normalized spacial score (nSPS) is 20.0. The lowest BCUT2D eigenvalue weighted by Crippen LogP contribution is -2.35. The van der Waals surface area contributed by atoms with Crippen LogP contribution in [0, 0.1) is 0 Å². The third kappa shape index (κ3) is 2.77. The highest BCUT2D eigenvalue weighted by Crippen LogP contribution is 2.25. The fourth-order valence-corrected chi connectivity index (χ4v) is 1.86. The van der Waals surface area contributed by atoms with E-state index in [1.807, 2.05) is 0 Å². The van der Waals surface area contributed by atoms with Gasteiger partial charge in [-0.05, 0) is 18.2 Å². The molecule has 1 aromatic carbocycles. The molecule has 0 N–H and O–H groups in total. The van der Waals surface area contributed by atoms with Crippen LogP contribution in [0.2, 0.25) is 5.02 Å². The molecule has 17 heavy (non-hydrogen) atoms. The first-order valence-electron chi connectivity index (χ1n) is 5.29. The molecule has 0 amide bonds. The summed E-state index contributed by atoms with van der Waals surface area (Å²) in [4.78, 5) is 12.2. The molecule has 0 spiro atoms. The molecular weight excluding hydrogens is 244 g/mol. The minimum absolute atomic E-state index is 0.163. The molecule has 4 nitrogen and oxygen atoms in total. The summed E-state index contributed by atoms with van der Waals surface area (Å²) in [6, 6.07) is 4.93. The highest BCUT2D eigenvalue weighted by Gasteiger charge is 2.26. The quantitative estimate of drug-likeness (QED) is 0.776. The molecule has 1 unspecified atom stereocenters. The lowest BCUT2D eigenvalue weighted by molar-refractivity contribution is -0.0719. The van der Waals surface area contributed by atoms with Gasteiger partial charge in [-0.1, -0.05) is 11.6 Å². The Labute approximate surface area is 104 Å². The first-order valence-corrected chi connectivity index (χ1v) is 5.67. The number of ether oxygens (including phenoxy) is 3. The van der Waals surface area contributed by atoms with Crippen molar-refractivity contribution in [3.05, 3.63) is 28.8 Å². The van der Waals surface area contributed by atoms with Crippen molar-refractivity contribution in [2.45, 2.75) is 6.10 Å². The van der Waals surface area contributed by atoms with Crippen molar-refractivity contribution >= 4 is 17.4 Å². The number of benzene rings is 1. The number of hydrogen-bond acceptors (Lipinski definition) is 4. The number of halogens is 1. The maximum absolute atomic E-state index is 12.2. The lowest BCUT2D eigenvalue weighted by atomic mass is 10.1. The van der Waals surface area contributed by atoms with Crippen LogP contribution in [0.15, 0.2) is 18.2 Å². The molecule has 0 bridgehead atoms. The molecule has 0 radical (unpaired) electrons. The van der Waals surface area contributed by atoms with Crippen LogP contribution in [0.5, 0.6) is 5.75 Å². The Morgan fingerprint density at radius 2 is 2.29 bits per heavy atom. The van der Waals surface area contributed by atoms with Crippen LogP contribution < -0.4 is 4.74 Å². The Bertz CT molecular complexity index is 413. The van der Waals surface area contributed by atoms with E-state index in [1.54, 1.807) is 18.2 Å². The van der Waals surface area contributed by atoms with Crippen molar-refractivity contribution in [1.29, 1.82) is 0 Å². The number of hydrogen-bond donors (Lipinski definition) is 0. The zero-order chi connectivity index (χ0) is 12.3. The van der Waals surface area contributed by atoms with Gasteiger partial charge in [0.15, 0.2) is 5.78 Å². The standard InChI is InChI=1S/C12H13ClO4/c1-15-10-3-2-8(13)6-9(10)12(14)11-7-16-4-5-17-11/h2-3,6,11H,4-5,7H2,1H3. The van der Waals surface area contributed by atoms with Crippen LogP contribution in [-0.4, -0.2) is 38.8 Å². The number of carbonyl (C=O) groups excluding carboxylic acids is 1. The first-order chi connectivity index (χ1) is 8.22. The molecular formula is C12H13ClO4. The molecule has 5 heteroatoms. The fourth-order valence-electron chi connectivity index (χ4n) is 1.69. The van der Waals surface area contributed by atoms with E-state index in [9.17, 15) is 4.79 Å². The van der Waals surface area contributed by atoms with E-state index >= 15 is 0 Å². The van der Waals surface area contributed by atoms with Crippen molar-refractivity contribution < 1.29 is 19.0 Å². The number of carbonyl (C=O) groups is 1. The van der Waals surface area contributed by atoms with Crippen LogP contribution in [0.1, 0.15) is 10.4 Å². The highest BCUT2D eigenvalue weighted by atomic mass is 35.5. The van der Waals surface area contributed by atoms with Crippen LogP contribution in [-0.2, 0) is 9.47 Å². The van der Waals surface area contributed by atoms with E-state index < -0.39 is 6.10 Å². The number of Topliss-reactive ketones (excluding diaryl/α,β-unsaturated/α-hetero) is 1. The van der Waals surface area contributed by atoms with Gasteiger partial charge in [-0.3, -0.25) is 4.79 Å². The smallest absolute Gasteiger partial charge is 0.197 e. The van der Waals surface area contributed by atoms with E-state index in [0.29, 0.717) is 29.5 Å². The third-order valence-corrected chi connectivity index (χ3v) is 2.77. The summed E-state index contributed by atoms with van der Waals surface area (Å²) in [6.45, 7) is 1.23. The largest absolute Gasteiger partial charge is 0.496 e. The summed E-state index contributed by atoms with van der Waals surface area (Å²) >= 11 is 5.88. The molecule has 1 heterocycles. The molecule has 1 atom stereocenters. The second-order valence-corrected chi connectivity index (χ2v) is 4.08. The van der Waals surface area contributed by atoms with Gasteiger partial charge in [-0.25, -0.2) is 0 Å². The lowest BCUT2D eigenvalue weighted by Gasteiger charge is -2.22. The second kappa shape index (κ2) is 5.49. The number of methoxy groups -OCH3 is 1. The van der Waals surface area contributed by atoms with Gasteiger partial charge in [0.2, 0.25) is 0 Å². The maximum Gasteiger partial charge on any atom is 0.197 e. The third-order valence-electron chi connectivity index (χ3n) is 2.54. The van der Waals surface area contributed by atoms with Crippen molar-refractivity contribution in [3.63, 3.8) is 0 Å². The summed E-state index contributed by atoms with van der Waals surface area (Å²) in [7, 11) is 1.51. The van der Waals surface area contributed by atoms with Crippen molar-refractivity contribution in [3.8, 4) is 5.75 Å². The minimum Gasteiger partial charge on any atom is -0.496 e. The molecule has 0 aliphatic carbocycles. The Morgan fingerprint density at radius 3 is 2.94 bits per heavy atom. The minimum atomic E-state index is -0.573. The number of ketones is 1. The van der Waals surface area contributed by atoms with Gasteiger partial charge >= 0.3 is 0 Å². The van der Waals surface area contributed by atoms with Crippen LogP contribution in [0.3, 0.4) is 0 Å². The highest BCUT2D eigenvalue weighted by molar-refractivity contribution is 6.31. The Morgan fingerprint density at radius 1 is 1.47 bits per heavy atom. The predicted molar refractivity (Wildman–Crippen MR) is 62.9 cm³/mol. The Balaban J connectivity index is 2.25. The molecule has 0 aromatic heterocycles. The van der Waals surface area contributed by atoms with Crippen molar-refractivity contribution in [1.82, 2.24) is 0 Å². The van der Waals surface area contributed by atoms with Gasteiger partial charge < -0.3 is 14.2 Å². The zero-order valence-corrected chi connectivity index (χ0v) is 10.2. The van der Waals surface area contributed by atoms with Gasteiger partial charge in [0.25, 0.3) is 0 Å². The molecule has 1 saturated heterocycles. The van der Waals surface area contributed by atoms with Gasteiger partial charge in [0, 0.05) is 5.02 Å². The first kappa shape index (κ1) is 12.4. The van der Waals surface area contributed by atoms with E-state index in [2.05, 4.69) is 0 Å². The monoisotopic (exact) mass is 256 g/mol. The summed E-state index contributed by atoms with van der Waals surface area (Å²) in [6.07, 6.45) is -0.573. The molecule has 1 aromatic rings. The van der Waals surface area contributed by atoms with Crippen LogP contribution in [0.4, 0.5) is 0 Å². The molecule has 1 aliphatic rings. The van der Waals surface area contributed by atoms with E-state index in [4.69, 9.17) is 25.8 Å². The molecule has 1 aliphatic heterocycles. The van der Waals surface area contributed by atoms with Crippen molar-refractivity contribution in [2.75, 3.05) is 26.9 Å². The summed E-state index contributed by atoms with van der Waals surface area (Å²) in [5.74, 6) is 0.331. The van der Waals surface area contributed by atoms with E-state index in [-0.39, 0.29) is 12.4 Å². The number of rotatable bonds is 3. The summed E-state index contributed by atoms with van der Waals surface area (Å²) < 4.78 is 15.7. The maximum atomic E-state index is 12.2. The fraction of sp³-hybridized carbons (Fsp3) is 0.417. The zero-order valence-electron chi connectivity index (χ0n) is 9.44. The van der Waals surface area contributed by atoms with Gasteiger partial charge in [0.05, 0.1) is 32.5 Å². The van der Waals surface area contributed by atoms with Gasteiger partial charge in [0.1, 0.15) is 11.9 Å². The summed E-state index contributed by atoms with van der Waals surface area (Å²) in [5, 5.41) is 0.492. The molecule has 0 saturated carbocycles. The van der Waals surface area contributed by atoms with E-state index in [1.165, 1.54) is 7.11 Å². The Kier molecular flexibility index (Phi) is 3.99. The molecule has 2 rings (SSSR count). The molecule has 1 fully saturated rings.